The fourth-order valence-corrected chi connectivity index (χ4v) is 5.06. The molecule has 0 aliphatic carbocycles. The third-order valence-corrected chi connectivity index (χ3v) is 6.31. The van der Waals surface area contributed by atoms with Gasteiger partial charge in [-0.3, -0.25) is 14.6 Å². The van der Waals surface area contributed by atoms with Crippen LogP contribution >= 0.6 is 11.8 Å². The zero-order valence-electron chi connectivity index (χ0n) is 13.3. The minimum Gasteiger partial charge on any atom is -0.340 e. The maximum absolute atomic E-state index is 13.0. The van der Waals surface area contributed by atoms with Crippen LogP contribution in [0.4, 0.5) is 0 Å². The Morgan fingerprint density at radius 1 is 1.05 bits per heavy atom. The largest absolute Gasteiger partial charge is 0.340 e. The van der Waals surface area contributed by atoms with Crippen molar-refractivity contribution in [2.75, 3.05) is 51.6 Å². The van der Waals surface area contributed by atoms with Gasteiger partial charge in [-0.05, 0) is 31.6 Å². The summed E-state index contributed by atoms with van der Waals surface area (Å²) in [4.78, 5) is 20.2. The lowest BCUT2D eigenvalue weighted by Crippen LogP contribution is -2.58. The van der Waals surface area contributed by atoms with Crippen molar-refractivity contribution in [1.29, 1.82) is 0 Å². The molecule has 120 valence electrons. The number of nitrogens with zero attached hydrogens (tertiary/aromatic N) is 3. The van der Waals surface area contributed by atoms with E-state index in [9.17, 15) is 4.79 Å². The number of rotatable bonds is 3. The van der Waals surface area contributed by atoms with Gasteiger partial charge in [0.1, 0.15) is 6.04 Å². The zero-order valence-corrected chi connectivity index (χ0v) is 14.1. The lowest BCUT2D eigenvalue weighted by Gasteiger charge is -2.39. The summed E-state index contributed by atoms with van der Waals surface area (Å²) in [7, 11) is 0. The number of piperazine rings is 1. The first-order chi connectivity index (χ1) is 10.3. The van der Waals surface area contributed by atoms with Crippen molar-refractivity contribution in [2.45, 2.75) is 43.9 Å². The van der Waals surface area contributed by atoms with Crippen LogP contribution in [0.15, 0.2) is 0 Å². The minimum atomic E-state index is 0.131. The molecular formula is C16H29N3OS. The maximum Gasteiger partial charge on any atom is 0.241 e. The summed E-state index contributed by atoms with van der Waals surface area (Å²) in [6.45, 7) is 9.65. The van der Waals surface area contributed by atoms with Crippen molar-refractivity contribution < 1.29 is 4.79 Å². The molecule has 0 N–H and O–H groups in total. The Hall–Kier alpha value is -0.260. The van der Waals surface area contributed by atoms with Crippen molar-refractivity contribution >= 4 is 17.7 Å². The summed E-state index contributed by atoms with van der Waals surface area (Å²) in [6.07, 6.45) is 4.96. The standard InChI is InChI=1S/C16H29N3OS/c1-2-21-14-6-3-4-8-19(12-14)16(20)15-13-17-7-5-9-18(15)11-10-17/h14-15H,2-13H2,1H3/t14-,15+/m0/s1. The molecule has 2 unspecified atom stereocenters. The van der Waals surface area contributed by atoms with E-state index in [1.807, 2.05) is 11.8 Å². The van der Waals surface area contributed by atoms with Gasteiger partial charge in [0.05, 0.1) is 0 Å². The Bertz CT molecular complexity index is 361. The molecule has 5 heteroatoms. The lowest BCUT2D eigenvalue weighted by molar-refractivity contribution is -0.138. The fourth-order valence-electron chi connectivity index (χ4n) is 3.97. The van der Waals surface area contributed by atoms with E-state index < -0.39 is 0 Å². The van der Waals surface area contributed by atoms with Crippen molar-refractivity contribution in [3.8, 4) is 0 Å². The van der Waals surface area contributed by atoms with E-state index in [1.165, 1.54) is 32.2 Å². The number of fused-ring (bicyclic) bond motifs is 4. The van der Waals surface area contributed by atoms with E-state index in [1.54, 1.807) is 0 Å². The molecule has 0 saturated carbocycles. The first-order valence-electron chi connectivity index (χ1n) is 8.64. The van der Waals surface area contributed by atoms with E-state index in [-0.39, 0.29) is 6.04 Å². The van der Waals surface area contributed by atoms with E-state index in [4.69, 9.17) is 0 Å². The number of carbonyl (C=O) groups excluding carboxylic acids is 1. The molecule has 4 nitrogen and oxygen atoms in total. The molecule has 0 spiro atoms. The molecule has 21 heavy (non-hydrogen) atoms. The number of likely N-dealkylation sites (tertiary alicyclic amines) is 1. The average Bonchev–Trinajstić information content (AvgIpc) is 2.94. The molecule has 4 saturated heterocycles. The number of carbonyl (C=O) groups is 1. The van der Waals surface area contributed by atoms with Gasteiger partial charge in [-0.15, -0.1) is 0 Å². The molecule has 4 aliphatic heterocycles. The van der Waals surface area contributed by atoms with Gasteiger partial charge in [-0.1, -0.05) is 13.3 Å². The third kappa shape index (κ3) is 3.74. The highest BCUT2D eigenvalue weighted by Crippen LogP contribution is 2.24. The number of amides is 1. The van der Waals surface area contributed by atoms with Crippen LogP contribution < -0.4 is 0 Å². The zero-order chi connectivity index (χ0) is 14.7. The molecule has 4 rings (SSSR count). The van der Waals surface area contributed by atoms with Crippen LogP contribution in [0.5, 0.6) is 0 Å². The third-order valence-electron chi connectivity index (χ3n) is 5.12. The van der Waals surface area contributed by atoms with Crippen molar-refractivity contribution in [2.24, 2.45) is 0 Å². The van der Waals surface area contributed by atoms with Crippen LogP contribution in [0.1, 0.15) is 32.6 Å². The van der Waals surface area contributed by atoms with E-state index in [0.29, 0.717) is 11.2 Å². The number of hydrogen-bond donors (Lipinski definition) is 0. The van der Waals surface area contributed by atoms with Gasteiger partial charge in [0.2, 0.25) is 5.91 Å². The van der Waals surface area contributed by atoms with Crippen molar-refractivity contribution in [1.82, 2.24) is 14.7 Å². The molecule has 4 fully saturated rings. The number of thioether (sulfide) groups is 1. The van der Waals surface area contributed by atoms with Crippen LogP contribution in [0.2, 0.25) is 0 Å². The molecule has 0 aromatic carbocycles. The van der Waals surface area contributed by atoms with E-state index in [2.05, 4.69) is 21.6 Å². The summed E-state index contributed by atoms with van der Waals surface area (Å²) in [5.74, 6) is 1.57. The van der Waals surface area contributed by atoms with Crippen LogP contribution in [0.3, 0.4) is 0 Å². The Kier molecular flexibility index (Phi) is 5.46. The fraction of sp³-hybridized carbons (Fsp3) is 0.938. The number of hydrogen-bond acceptors (Lipinski definition) is 4. The highest BCUT2D eigenvalue weighted by atomic mass is 32.2. The molecule has 4 heterocycles. The monoisotopic (exact) mass is 311 g/mol. The first-order valence-corrected chi connectivity index (χ1v) is 9.69. The summed E-state index contributed by atoms with van der Waals surface area (Å²) in [6, 6.07) is 0.131. The molecule has 0 radical (unpaired) electrons. The smallest absolute Gasteiger partial charge is 0.241 e. The van der Waals surface area contributed by atoms with Gasteiger partial charge in [0, 0.05) is 44.5 Å². The summed E-state index contributed by atoms with van der Waals surface area (Å²) >= 11 is 2.03. The van der Waals surface area contributed by atoms with Gasteiger partial charge < -0.3 is 4.90 Å². The Morgan fingerprint density at radius 2 is 1.95 bits per heavy atom. The molecular weight excluding hydrogens is 282 g/mol. The molecule has 2 bridgehead atoms. The van der Waals surface area contributed by atoms with Gasteiger partial charge in [0.15, 0.2) is 0 Å². The molecule has 1 amide bonds. The predicted molar refractivity (Wildman–Crippen MR) is 88.8 cm³/mol. The second-order valence-corrected chi connectivity index (χ2v) is 8.14. The van der Waals surface area contributed by atoms with Crippen LogP contribution in [-0.2, 0) is 4.79 Å². The molecule has 0 aromatic heterocycles. The quantitative estimate of drug-likeness (QED) is 0.789. The Morgan fingerprint density at radius 3 is 2.81 bits per heavy atom. The normalized spacial score (nSPS) is 37.1. The van der Waals surface area contributed by atoms with E-state index in [0.717, 1.165) is 45.0 Å². The second-order valence-electron chi connectivity index (χ2n) is 6.56. The topological polar surface area (TPSA) is 26.8 Å². The second kappa shape index (κ2) is 7.34. The molecule has 4 atom stereocenters. The van der Waals surface area contributed by atoms with E-state index >= 15 is 0 Å². The lowest BCUT2D eigenvalue weighted by atomic mass is 10.1. The van der Waals surface area contributed by atoms with Crippen LogP contribution in [0, 0.1) is 0 Å². The average molecular weight is 311 g/mol. The minimum absolute atomic E-state index is 0.131. The summed E-state index contributed by atoms with van der Waals surface area (Å²) < 4.78 is 0. The SMILES string of the molecule is CCS[C@H]1CCCCN(C(=O)[C@H]2CN3CCCN2CC3)C1. The summed E-state index contributed by atoms with van der Waals surface area (Å²) in [5, 5.41) is 0.653. The summed E-state index contributed by atoms with van der Waals surface area (Å²) in [5.41, 5.74) is 0. The Balaban J connectivity index is 1.65. The maximum atomic E-state index is 13.0. The highest BCUT2D eigenvalue weighted by molar-refractivity contribution is 7.99. The van der Waals surface area contributed by atoms with Crippen molar-refractivity contribution in [3.63, 3.8) is 0 Å². The first kappa shape index (κ1) is 15.6. The van der Waals surface area contributed by atoms with Crippen LogP contribution in [0.25, 0.3) is 0 Å². The van der Waals surface area contributed by atoms with Gasteiger partial charge in [0.25, 0.3) is 0 Å². The Labute approximate surface area is 133 Å². The van der Waals surface area contributed by atoms with Gasteiger partial charge in [-0.2, -0.15) is 11.8 Å². The highest BCUT2D eigenvalue weighted by Gasteiger charge is 2.37. The van der Waals surface area contributed by atoms with Gasteiger partial charge in [-0.25, -0.2) is 0 Å². The molecule has 4 aliphatic rings. The molecule has 0 aromatic rings. The van der Waals surface area contributed by atoms with Gasteiger partial charge >= 0.3 is 0 Å². The predicted octanol–water partition coefficient (Wildman–Crippen LogP) is 1.51. The van der Waals surface area contributed by atoms with Crippen molar-refractivity contribution in [3.05, 3.63) is 0 Å². The van der Waals surface area contributed by atoms with Crippen LogP contribution in [-0.4, -0.2) is 83.5 Å².